The number of nitrogens with zero attached hydrogens (tertiary/aromatic N) is 8. The molecular weight excluding hydrogens is 881 g/mol. The second-order valence-electron chi connectivity index (χ2n) is 17.5. The van der Waals surface area contributed by atoms with Crippen LogP contribution in [0.5, 0.6) is 0 Å². The number of hydrogen-bond acceptors (Lipinski definition) is 6. The Bertz CT molecular complexity index is 4230. The Morgan fingerprint density at radius 3 is 0.903 bits per heavy atom. The normalized spacial score (nSPS) is 11.0. The average Bonchev–Trinajstić information content (AvgIpc) is 3.95. The van der Waals surface area contributed by atoms with Gasteiger partial charge in [0, 0.05) is 39.5 Å². The molecule has 0 amide bonds. The quantitative estimate of drug-likeness (QED) is 0.156. The molecule has 8 nitrogen and oxygen atoms in total. The summed E-state index contributed by atoms with van der Waals surface area (Å²) in [6, 6.07) is 75.3. The van der Waals surface area contributed by atoms with E-state index >= 15 is 0 Å². The van der Waals surface area contributed by atoms with Crippen molar-refractivity contribution in [1.82, 2.24) is 14.1 Å². The van der Waals surface area contributed by atoms with Crippen molar-refractivity contribution < 1.29 is 0 Å². The molecule has 0 saturated carbocycles. The Morgan fingerprint density at radius 1 is 0.278 bits per heavy atom. The van der Waals surface area contributed by atoms with Crippen molar-refractivity contribution in [3.05, 3.63) is 234 Å². The van der Waals surface area contributed by atoms with Crippen LogP contribution in [0.15, 0.2) is 207 Å². The Balaban J connectivity index is 1.27. The molecule has 0 aliphatic heterocycles. The molecule has 0 unspecified atom stereocenters. The Hall–Kier alpha value is -10.8. The van der Waals surface area contributed by atoms with Crippen LogP contribution >= 0.6 is 0 Å². The van der Waals surface area contributed by atoms with Gasteiger partial charge in [-0.1, -0.05) is 121 Å². The molecule has 9 aromatic carbocycles. The summed E-state index contributed by atoms with van der Waals surface area (Å²) in [5, 5.41) is 56.3. The van der Waals surface area contributed by atoms with Gasteiger partial charge in [-0.05, 0) is 123 Å². The first-order valence-corrected chi connectivity index (χ1v) is 23.1. The number of nitriles is 5. The molecule has 0 aliphatic carbocycles. The lowest BCUT2D eigenvalue weighted by Crippen LogP contribution is -2.06. The Labute approximate surface area is 413 Å². The van der Waals surface area contributed by atoms with E-state index in [1.54, 1.807) is 12.4 Å². The predicted octanol–water partition coefficient (Wildman–Crippen LogP) is 15.0. The summed E-state index contributed by atoms with van der Waals surface area (Å²) in [6.07, 6.45) is 3.44. The second kappa shape index (κ2) is 17.4. The van der Waals surface area contributed by atoms with Gasteiger partial charge in [0.15, 0.2) is 0 Å². The van der Waals surface area contributed by atoms with Crippen LogP contribution in [0.2, 0.25) is 0 Å². The summed E-state index contributed by atoms with van der Waals surface area (Å²) in [5.41, 5.74) is 15.4. The molecule has 12 aromatic rings. The SMILES string of the molecule is N#Cc1ccccc1-c1ccc2c3ccc(-c4ccccc4C#N)cc3n(-c3cc(C#N)c(-c4ccncc4)cc3-n3c4cc(-c5ccccc5C#N)ccc4c4ccc(-c5ccccc5C#N)cc43)c2c1. The monoisotopic (exact) mass is 914 g/mol. The van der Waals surface area contributed by atoms with Gasteiger partial charge in [0.25, 0.3) is 0 Å². The van der Waals surface area contributed by atoms with Crippen LogP contribution in [0.4, 0.5) is 0 Å². The first-order chi connectivity index (χ1) is 35.5. The fourth-order valence-electron chi connectivity index (χ4n) is 10.4. The first-order valence-electron chi connectivity index (χ1n) is 23.1. The van der Waals surface area contributed by atoms with Crippen molar-refractivity contribution in [3.8, 4) is 97.4 Å². The number of fused-ring (bicyclic) bond motifs is 6. The van der Waals surface area contributed by atoms with Crippen LogP contribution < -0.4 is 0 Å². The molecule has 0 aliphatic rings. The van der Waals surface area contributed by atoms with Crippen molar-refractivity contribution in [1.29, 1.82) is 26.3 Å². The van der Waals surface area contributed by atoms with Gasteiger partial charge in [0.1, 0.15) is 0 Å². The molecule has 0 bridgehead atoms. The average molecular weight is 915 g/mol. The third kappa shape index (κ3) is 6.84. The summed E-state index contributed by atoms with van der Waals surface area (Å²) in [7, 11) is 0. The van der Waals surface area contributed by atoms with Gasteiger partial charge >= 0.3 is 0 Å². The standard InChI is InChI=1S/C64H34N8/c65-35-45-9-1-5-13-50(45)41-17-21-54-55-22-18-42(51-14-6-2-10-46(51)36-66)30-60(55)71(59(54)29-41)63-33-49(39-69)58(40-25-27-70-28-26-40)34-64(63)72-61-31-43(52-15-7-3-11-47(52)37-67)19-23-56(61)57-24-20-44(32-62(57)72)53-16-8-4-12-48(53)38-68/h1-34H. The molecule has 0 radical (unpaired) electrons. The third-order valence-corrected chi connectivity index (χ3v) is 13.7. The maximum atomic E-state index is 11.2. The molecule has 0 fully saturated rings. The summed E-state index contributed by atoms with van der Waals surface area (Å²) in [5.74, 6) is 0. The van der Waals surface area contributed by atoms with Crippen molar-refractivity contribution in [2.75, 3.05) is 0 Å². The van der Waals surface area contributed by atoms with E-state index in [2.05, 4.69) is 111 Å². The van der Waals surface area contributed by atoms with Gasteiger partial charge in [-0.3, -0.25) is 4.98 Å². The lowest BCUT2D eigenvalue weighted by molar-refractivity contribution is 1.09. The Morgan fingerprint density at radius 2 is 0.583 bits per heavy atom. The van der Waals surface area contributed by atoms with Crippen molar-refractivity contribution >= 4 is 43.6 Å². The van der Waals surface area contributed by atoms with E-state index in [1.165, 1.54) is 0 Å². The molecule has 0 atom stereocenters. The summed E-state index contributed by atoms with van der Waals surface area (Å²) in [4.78, 5) is 4.33. The van der Waals surface area contributed by atoms with Crippen LogP contribution in [0, 0.1) is 56.7 Å². The molecule has 0 saturated heterocycles. The second-order valence-corrected chi connectivity index (χ2v) is 17.5. The van der Waals surface area contributed by atoms with Crippen molar-refractivity contribution in [3.63, 3.8) is 0 Å². The lowest BCUT2D eigenvalue weighted by Gasteiger charge is -2.20. The minimum atomic E-state index is 0.431. The number of benzene rings is 9. The molecular formula is C64H34N8. The molecule has 0 spiro atoms. The molecule has 0 N–H and O–H groups in total. The summed E-state index contributed by atoms with van der Waals surface area (Å²) >= 11 is 0. The minimum Gasteiger partial charge on any atom is -0.307 e. The van der Waals surface area contributed by atoms with E-state index in [1.807, 2.05) is 127 Å². The number of hydrogen-bond donors (Lipinski definition) is 0. The lowest BCUT2D eigenvalue weighted by atomic mass is 9.98. The predicted molar refractivity (Wildman–Crippen MR) is 284 cm³/mol. The smallest absolute Gasteiger partial charge is 0.0998 e. The van der Waals surface area contributed by atoms with E-state index in [0.29, 0.717) is 39.1 Å². The highest BCUT2D eigenvalue weighted by molar-refractivity contribution is 6.14. The van der Waals surface area contributed by atoms with Gasteiger partial charge in [-0.25, -0.2) is 0 Å². The van der Waals surface area contributed by atoms with Crippen LogP contribution in [0.3, 0.4) is 0 Å². The van der Waals surface area contributed by atoms with Crippen LogP contribution in [-0.4, -0.2) is 14.1 Å². The van der Waals surface area contributed by atoms with Gasteiger partial charge in [0.2, 0.25) is 0 Å². The van der Waals surface area contributed by atoms with Crippen molar-refractivity contribution in [2.45, 2.75) is 0 Å². The highest BCUT2D eigenvalue weighted by atomic mass is 15.1. The van der Waals surface area contributed by atoms with Crippen molar-refractivity contribution in [2.24, 2.45) is 0 Å². The molecule has 3 heterocycles. The molecule has 330 valence electrons. The highest BCUT2D eigenvalue weighted by Gasteiger charge is 2.25. The first kappa shape index (κ1) is 42.5. The molecule has 8 heteroatoms. The van der Waals surface area contributed by atoms with E-state index in [4.69, 9.17) is 0 Å². The number of pyridine rings is 1. The largest absolute Gasteiger partial charge is 0.307 e. The fraction of sp³-hybridized carbons (Fsp3) is 0. The zero-order valence-electron chi connectivity index (χ0n) is 38.2. The zero-order chi connectivity index (χ0) is 48.9. The number of rotatable bonds is 7. The summed E-state index contributed by atoms with van der Waals surface area (Å²) in [6.45, 7) is 0. The van der Waals surface area contributed by atoms with Gasteiger partial charge < -0.3 is 9.13 Å². The molecule has 3 aromatic heterocycles. The van der Waals surface area contributed by atoms with E-state index in [-0.39, 0.29) is 0 Å². The molecule has 12 rings (SSSR count). The van der Waals surface area contributed by atoms with Gasteiger partial charge in [-0.2, -0.15) is 26.3 Å². The molecule has 72 heavy (non-hydrogen) atoms. The highest BCUT2D eigenvalue weighted by Crippen LogP contribution is 2.44. The Kier molecular flexibility index (Phi) is 10.3. The summed E-state index contributed by atoms with van der Waals surface area (Å²) < 4.78 is 4.44. The van der Waals surface area contributed by atoms with Gasteiger partial charge in [0.05, 0.1) is 91.6 Å². The van der Waals surface area contributed by atoms with E-state index in [9.17, 15) is 26.3 Å². The van der Waals surface area contributed by atoms with Crippen LogP contribution in [0.25, 0.3) is 111 Å². The van der Waals surface area contributed by atoms with E-state index < -0.39 is 0 Å². The zero-order valence-corrected chi connectivity index (χ0v) is 38.2. The third-order valence-electron chi connectivity index (χ3n) is 13.7. The van der Waals surface area contributed by atoms with E-state index in [0.717, 1.165) is 99.4 Å². The van der Waals surface area contributed by atoms with Crippen LogP contribution in [0.1, 0.15) is 27.8 Å². The minimum absolute atomic E-state index is 0.431. The maximum absolute atomic E-state index is 11.2. The maximum Gasteiger partial charge on any atom is 0.0998 e. The van der Waals surface area contributed by atoms with Crippen LogP contribution in [-0.2, 0) is 0 Å². The topological polar surface area (TPSA) is 142 Å². The fourth-order valence-corrected chi connectivity index (χ4v) is 10.4. The van der Waals surface area contributed by atoms with Gasteiger partial charge in [-0.15, -0.1) is 0 Å². The number of aromatic nitrogens is 3.